The number of para-hydroxylation sites is 1. The number of carbonyl (C=O) groups is 2. The maximum absolute atomic E-state index is 12.8. The lowest BCUT2D eigenvalue weighted by atomic mass is 9.89. The van der Waals surface area contributed by atoms with Crippen molar-refractivity contribution in [2.24, 2.45) is 0 Å². The summed E-state index contributed by atoms with van der Waals surface area (Å²) in [4.78, 5) is 26.7. The zero-order valence-electron chi connectivity index (χ0n) is 14.7. The van der Waals surface area contributed by atoms with E-state index in [9.17, 15) is 14.7 Å². The van der Waals surface area contributed by atoms with Crippen LogP contribution in [0.5, 0.6) is 0 Å². The predicted octanol–water partition coefficient (Wildman–Crippen LogP) is 2.00. The van der Waals surface area contributed by atoms with Crippen LogP contribution in [-0.4, -0.2) is 36.7 Å². The summed E-state index contributed by atoms with van der Waals surface area (Å²) in [6.45, 7) is 1.84. The lowest BCUT2D eigenvalue weighted by Gasteiger charge is -2.29. The maximum Gasteiger partial charge on any atom is 0.339 e. The minimum atomic E-state index is -2.13. The molecular formula is C20H21NO5. The molecule has 136 valence electrons. The zero-order chi connectivity index (χ0) is 18.7. The normalized spacial score (nSPS) is 20.0. The van der Waals surface area contributed by atoms with Crippen LogP contribution in [0.4, 0.5) is 5.69 Å². The second kappa shape index (κ2) is 7.27. The van der Waals surface area contributed by atoms with Gasteiger partial charge in [-0.2, -0.15) is 0 Å². The van der Waals surface area contributed by atoms with Gasteiger partial charge >= 0.3 is 5.97 Å². The van der Waals surface area contributed by atoms with Gasteiger partial charge in [0, 0.05) is 12.6 Å². The number of anilines is 1. The molecule has 2 aromatic rings. The molecule has 0 unspecified atom stereocenters. The van der Waals surface area contributed by atoms with Gasteiger partial charge in [0.25, 0.3) is 5.91 Å². The lowest BCUT2D eigenvalue weighted by Crippen LogP contribution is -2.53. The van der Waals surface area contributed by atoms with E-state index in [1.807, 2.05) is 30.3 Å². The predicted molar refractivity (Wildman–Crippen MR) is 95.4 cm³/mol. The Morgan fingerprint density at radius 3 is 2.50 bits per heavy atom. The molecule has 3 rings (SSSR count). The molecule has 1 N–H and O–H groups in total. The number of likely N-dealkylation sites (N-methyl/N-ethyl adjacent to an activating group) is 1. The first-order valence-electron chi connectivity index (χ1n) is 8.42. The van der Waals surface area contributed by atoms with Gasteiger partial charge in [-0.1, -0.05) is 48.5 Å². The number of carbonyl (C=O) groups excluding carboxylic acids is 2. The molecule has 2 aromatic carbocycles. The number of ether oxygens (including phenoxy) is 2. The summed E-state index contributed by atoms with van der Waals surface area (Å²) < 4.78 is 10.8. The van der Waals surface area contributed by atoms with E-state index in [1.165, 1.54) is 4.90 Å². The molecule has 0 aromatic heterocycles. The standard InChI is InChI=1S/C20H21NO5/c1-3-25-18(22)17(26-13-14-9-5-4-6-10-14)20(24)15-11-7-8-12-16(15)21(2)19(20)23/h4-12,17,24H,3,13H2,1-2H3/t17-,20+/m1/s1. The summed E-state index contributed by atoms with van der Waals surface area (Å²) in [7, 11) is 1.55. The molecule has 1 heterocycles. The van der Waals surface area contributed by atoms with Crippen molar-refractivity contribution < 1.29 is 24.2 Å². The van der Waals surface area contributed by atoms with Crippen LogP contribution in [0.25, 0.3) is 0 Å². The van der Waals surface area contributed by atoms with Crippen LogP contribution < -0.4 is 4.90 Å². The third-order valence-corrected chi connectivity index (χ3v) is 4.45. The highest BCUT2D eigenvalue weighted by Gasteiger charge is 2.57. The van der Waals surface area contributed by atoms with E-state index in [1.54, 1.807) is 38.2 Å². The van der Waals surface area contributed by atoms with E-state index in [4.69, 9.17) is 9.47 Å². The Labute approximate surface area is 152 Å². The van der Waals surface area contributed by atoms with Crippen LogP contribution in [-0.2, 0) is 31.3 Å². The van der Waals surface area contributed by atoms with Crippen molar-refractivity contribution in [3.05, 3.63) is 65.7 Å². The number of amides is 1. The molecule has 0 bridgehead atoms. The fraction of sp³-hybridized carbons (Fsp3) is 0.300. The molecule has 26 heavy (non-hydrogen) atoms. The van der Waals surface area contributed by atoms with Gasteiger partial charge in [-0.25, -0.2) is 4.79 Å². The second-order valence-electron chi connectivity index (χ2n) is 6.08. The number of rotatable bonds is 6. The smallest absolute Gasteiger partial charge is 0.339 e. The Morgan fingerprint density at radius 1 is 1.15 bits per heavy atom. The topological polar surface area (TPSA) is 76.1 Å². The first-order valence-corrected chi connectivity index (χ1v) is 8.42. The van der Waals surface area contributed by atoms with Crippen LogP contribution in [0, 0.1) is 0 Å². The van der Waals surface area contributed by atoms with Gasteiger partial charge in [0.05, 0.1) is 18.9 Å². The Morgan fingerprint density at radius 2 is 1.81 bits per heavy atom. The molecule has 0 saturated carbocycles. The van der Waals surface area contributed by atoms with Crippen LogP contribution in [0.2, 0.25) is 0 Å². The first kappa shape index (κ1) is 18.1. The van der Waals surface area contributed by atoms with Gasteiger partial charge in [-0.15, -0.1) is 0 Å². The van der Waals surface area contributed by atoms with Gasteiger partial charge in [0.2, 0.25) is 5.60 Å². The summed E-state index contributed by atoms with van der Waals surface area (Å²) in [6, 6.07) is 16.0. The number of aliphatic hydroxyl groups is 1. The van der Waals surface area contributed by atoms with Gasteiger partial charge in [-0.05, 0) is 18.6 Å². The van der Waals surface area contributed by atoms with Crippen molar-refractivity contribution in [1.29, 1.82) is 0 Å². The van der Waals surface area contributed by atoms with E-state index in [0.29, 0.717) is 11.3 Å². The van der Waals surface area contributed by atoms with Crippen molar-refractivity contribution in [3.8, 4) is 0 Å². The lowest BCUT2D eigenvalue weighted by molar-refractivity contribution is -0.184. The summed E-state index contributed by atoms with van der Waals surface area (Å²) in [5, 5.41) is 11.3. The molecule has 0 saturated heterocycles. The number of hydrogen-bond donors (Lipinski definition) is 1. The fourth-order valence-corrected chi connectivity index (χ4v) is 3.15. The average Bonchev–Trinajstić information content (AvgIpc) is 2.86. The van der Waals surface area contributed by atoms with Crippen LogP contribution in [0.3, 0.4) is 0 Å². The van der Waals surface area contributed by atoms with Crippen molar-refractivity contribution >= 4 is 17.6 Å². The minimum absolute atomic E-state index is 0.0613. The molecule has 6 nitrogen and oxygen atoms in total. The molecule has 2 atom stereocenters. The van der Waals surface area contributed by atoms with Crippen LogP contribution in [0.1, 0.15) is 18.1 Å². The van der Waals surface area contributed by atoms with Gasteiger partial charge < -0.3 is 19.5 Å². The number of esters is 1. The monoisotopic (exact) mass is 355 g/mol. The van der Waals surface area contributed by atoms with E-state index in [-0.39, 0.29) is 13.2 Å². The molecule has 0 fully saturated rings. The number of benzene rings is 2. The molecule has 1 aliphatic heterocycles. The van der Waals surface area contributed by atoms with Crippen LogP contribution >= 0.6 is 0 Å². The number of nitrogens with zero attached hydrogens (tertiary/aromatic N) is 1. The maximum atomic E-state index is 12.8. The van der Waals surface area contributed by atoms with E-state index in [2.05, 4.69) is 0 Å². The molecule has 0 radical (unpaired) electrons. The Bertz CT molecular complexity index is 807. The summed E-state index contributed by atoms with van der Waals surface area (Å²) in [6.07, 6.45) is -1.47. The second-order valence-corrected chi connectivity index (χ2v) is 6.08. The highest BCUT2D eigenvalue weighted by Crippen LogP contribution is 2.42. The Hall–Kier alpha value is -2.70. The summed E-state index contributed by atoms with van der Waals surface area (Å²) in [5.41, 5.74) is -0.444. The third-order valence-electron chi connectivity index (χ3n) is 4.45. The Kier molecular flexibility index (Phi) is 5.06. The highest BCUT2D eigenvalue weighted by atomic mass is 16.6. The average molecular weight is 355 g/mol. The molecule has 1 amide bonds. The van der Waals surface area contributed by atoms with E-state index in [0.717, 1.165) is 5.56 Å². The van der Waals surface area contributed by atoms with Crippen molar-refractivity contribution in [2.45, 2.75) is 25.2 Å². The van der Waals surface area contributed by atoms with E-state index >= 15 is 0 Å². The van der Waals surface area contributed by atoms with Gasteiger partial charge in [0.15, 0.2) is 6.10 Å². The SMILES string of the molecule is CCOC(=O)[C@@H](OCc1ccccc1)[C@]1(O)C(=O)N(C)c2ccccc21. The fourth-order valence-electron chi connectivity index (χ4n) is 3.15. The van der Waals surface area contributed by atoms with Gasteiger partial charge in [-0.3, -0.25) is 4.79 Å². The highest BCUT2D eigenvalue weighted by molar-refractivity contribution is 6.09. The van der Waals surface area contributed by atoms with Crippen molar-refractivity contribution in [1.82, 2.24) is 0 Å². The summed E-state index contributed by atoms with van der Waals surface area (Å²) in [5.74, 6) is -1.39. The number of fused-ring (bicyclic) bond motifs is 1. The third kappa shape index (κ3) is 2.98. The molecule has 0 spiro atoms. The molecular weight excluding hydrogens is 334 g/mol. The van der Waals surface area contributed by atoms with Crippen molar-refractivity contribution in [3.63, 3.8) is 0 Å². The van der Waals surface area contributed by atoms with Crippen molar-refractivity contribution in [2.75, 3.05) is 18.6 Å². The molecule has 0 aliphatic carbocycles. The largest absolute Gasteiger partial charge is 0.464 e. The quantitative estimate of drug-likeness (QED) is 0.802. The molecule has 1 aliphatic rings. The van der Waals surface area contributed by atoms with E-state index < -0.39 is 23.6 Å². The molecule has 6 heteroatoms. The van der Waals surface area contributed by atoms with Gasteiger partial charge in [0.1, 0.15) is 0 Å². The Balaban J connectivity index is 1.98. The zero-order valence-corrected chi connectivity index (χ0v) is 14.7. The number of hydrogen-bond acceptors (Lipinski definition) is 5. The first-order chi connectivity index (χ1) is 12.5. The summed E-state index contributed by atoms with van der Waals surface area (Å²) >= 11 is 0. The minimum Gasteiger partial charge on any atom is -0.464 e. The van der Waals surface area contributed by atoms with Crippen LogP contribution in [0.15, 0.2) is 54.6 Å².